The van der Waals surface area contributed by atoms with Gasteiger partial charge in [-0.25, -0.2) is 0 Å². The van der Waals surface area contributed by atoms with Crippen molar-refractivity contribution in [2.45, 2.75) is 59.4 Å². The second-order valence-corrected chi connectivity index (χ2v) is 8.99. The molecule has 33 heavy (non-hydrogen) atoms. The highest BCUT2D eigenvalue weighted by atomic mass is 16.5. The fourth-order valence-corrected chi connectivity index (χ4v) is 3.97. The van der Waals surface area contributed by atoms with Crippen LogP contribution in [0.25, 0.3) is 22.3 Å². The highest BCUT2D eigenvalue weighted by molar-refractivity contribution is 5.86. The quantitative estimate of drug-likeness (QED) is 0.426. The van der Waals surface area contributed by atoms with Crippen molar-refractivity contribution in [1.82, 2.24) is 0 Å². The van der Waals surface area contributed by atoms with Crippen LogP contribution in [0.5, 0.6) is 17.2 Å². The first-order valence-corrected chi connectivity index (χ1v) is 10.3. The molecule has 1 aliphatic heterocycles. The van der Waals surface area contributed by atoms with E-state index in [4.69, 9.17) is 9.15 Å². The highest BCUT2D eigenvalue weighted by Crippen LogP contribution is 2.45. The second kappa shape index (κ2) is 8.57. The van der Waals surface area contributed by atoms with Crippen LogP contribution in [0.4, 0.5) is 0 Å². The van der Waals surface area contributed by atoms with Crippen LogP contribution in [0.1, 0.15) is 52.4 Å². The highest BCUT2D eigenvalue weighted by Gasteiger charge is 2.43. The van der Waals surface area contributed by atoms with Gasteiger partial charge in [0, 0.05) is 29.3 Å². The minimum Gasteiger partial charge on any atom is -0.508 e. The van der Waals surface area contributed by atoms with Crippen LogP contribution in [0.15, 0.2) is 51.2 Å². The van der Waals surface area contributed by atoms with Gasteiger partial charge < -0.3 is 29.6 Å². The molecule has 0 fully saturated rings. The monoisotopic (exact) mass is 454 g/mol. The van der Waals surface area contributed by atoms with Gasteiger partial charge in [0.2, 0.25) is 0 Å². The fraction of sp³-hybridized carbons (Fsp3) is 0.346. The molecule has 0 radical (unpaired) electrons. The Bertz CT molecular complexity index is 1290. The van der Waals surface area contributed by atoms with Gasteiger partial charge in [-0.15, -0.1) is 0 Å². The number of benzene rings is 2. The summed E-state index contributed by atoms with van der Waals surface area (Å²) in [4.78, 5) is 12.7. The largest absolute Gasteiger partial charge is 0.508 e. The number of hydrogen-bond donors (Lipinski definition) is 4. The maximum absolute atomic E-state index is 12.7. The number of aromatic hydroxyl groups is 2. The number of hydrogen-bond acceptors (Lipinski definition) is 7. The van der Waals surface area contributed by atoms with E-state index in [0.29, 0.717) is 23.3 Å². The van der Waals surface area contributed by atoms with Crippen molar-refractivity contribution in [3.8, 4) is 28.6 Å². The lowest BCUT2D eigenvalue weighted by molar-refractivity contribution is -0.0764. The lowest BCUT2D eigenvalue weighted by Crippen LogP contribution is -2.41. The zero-order chi connectivity index (χ0) is 23.4. The van der Waals surface area contributed by atoms with Crippen molar-refractivity contribution in [2.75, 3.05) is 0 Å². The van der Waals surface area contributed by atoms with Gasteiger partial charge in [0.05, 0.1) is 5.60 Å². The van der Waals surface area contributed by atoms with Crippen LogP contribution >= 0.6 is 0 Å². The first kappa shape index (κ1) is 24.4. The normalized spacial score (nSPS) is 17.3. The first-order chi connectivity index (χ1) is 15.0. The third-order valence-corrected chi connectivity index (χ3v) is 5.55. The summed E-state index contributed by atoms with van der Waals surface area (Å²) in [6, 6.07) is 7.09. The summed E-state index contributed by atoms with van der Waals surface area (Å²) in [6.45, 7) is 7.09. The Morgan fingerprint density at radius 3 is 2.45 bits per heavy atom. The molecule has 0 amide bonds. The van der Waals surface area contributed by atoms with Crippen LogP contribution in [0, 0.1) is 0 Å². The minimum atomic E-state index is -1.28. The van der Waals surface area contributed by atoms with E-state index in [1.54, 1.807) is 19.9 Å². The molecule has 1 aliphatic rings. The van der Waals surface area contributed by atoms with Crippen LogP contribution < -0.4 is 10.2 Å². The molecule has 2 heterocycles. The number of aliphatic hydroxyl groups excluding tert-OH is 1. The van der Waals surface area contributed by atoms with Crippen LogP contribution in [-0.4, -0.2) is 32.1 Å². The number of phenols is 2. The summed E-state index contributed by atoms with van der Waals surface area (Å²) in [5.41, 5.74) is 1.20. The Kier molecular flexibility index (Phi) is 6.33. The Balaban J connectivity index is 0.00000306. The second-order valence-electron chi connectivity index (χ2n) is 8.99. The van der Waals surface area contributed by atoms with E-state index in [-0.39, 0.29) is 35.7 Å². The van der Waals surface area contributed by atoms with Crippen LogP contribution in [0.3, 0.4) is 0 Å². The van der Waals surface area contributed by atoms with Crippen molar-refractivity contribution in [1.29, 1.82) is 0 Å². The summed E-state index contributed by atoms with van der Waals surface area (Å²) in [7, 11) is 0. The standard InChI is InChI=1S/C25H26O7.CH4/c1-12(2)5-6-13-7-14(8-16-22(29)24(25(3,4)30)32-23(13)16)19-11-18(28)21-17(27)9-15(26)10-20(21)31-19;/h5,7-11,22,24,26-27,29-30H,6H2,1-4H3;1H4. The average molecular weight is 455 g/mol. The summed E-state index contributed by atoms with van der Waals surface area (Å²) < 4.78 is 11.8. The number of allylic oxidation sites excluding steroid dienone is 2. The Labute approximate surface area is 192 Å². The summed E-state index contributed by atoms with van der Waals surface area (Å²) in [5.74, 6) is 0.123. The van der Waals surface area contributed by atoms with Crippen molar-refractivity contribution in [3.05, 3.63) is 63.3 Å². The summed E-state index contributed by atoms with van der Waals surface area (Å²) in [5, 5.41) is 41.1. The molecule has 176 valence electrons. The van der Waals surface area contributed by atoms with Gasteiger partial charge in [-0.2, -0.15) is 0 Å². The molecule has 7 nitrogen and oxygen atoms in total. The van der Waals surface area contributed by atoms with E-state index in [1.165, 1.54) is 12.1 Å². The maximum atomic E-state index is 12.7. The van der Waals surface area contributed by atoms with Gasteiger partial charge in [-0.05, 0) is 51.8 Å². The molecule has 2 aromatic carbocycles. The fourth-order valence-electron chi connectivity index (χ4n) is 3.97. The topological polar surface area (TPSA) is 120 Å². The molecule has 4 N–H and O–H groups in total. The van der Waals surface area contributed by atoms with E-state index >= 15 is 0 Å². The molecule has 1 aromatic heterocycles. The molecule has 2 unspecified atom stereocenters. The van der Waals surface area contributed by atoms with E-state index in [2.05, 4.69) is 0 Å². The SMILES string of the molecule is C.CC(C)=CCc1cc(-c2cc(=O)c3c(O)cc(O)cc3o2)cc2c1OC(C(C)(C)O)C2O. The van der Waals surface area contributed by atoms with E-state index < -0.39 is 23.2 Å². The smallest absolute Gasteiger partial charge is 0.197 e. The van der Waals surface area contributed by atoms with E-state index in [9.17, 15) is 25.2 Å². The predicted molar refractivity (Wildman–Crippen MR) is 127 cm³/mol. The van der Waals surface area contributed by atoms with Gasteiger partial charge in [-0.1, -0.05) is 19.1 Å². The number of rotatable bonds is 4. The molecule has 7 heteroatoms. The zero-order valence-corrected chi connectivity index (χ0v) is 18.3. The van der Waals surface area contributed by atoms with Crippen LogP contribution in [0.2, 0.25) is 0 Å². The third-order valence-electron chi connectivity index (χ3n) is 5.55. The number of ether oxygens (including phenoxy) is 1. The van der Waals surface area contributed by atoms with Gasteiger partial charge in [0.1, 0.15) is 40.1 Å². The zero-order valence-electron chi connectivity index (χ0n) is 18.3. The van der Waals surface area contributed by atoms with Gasteiger partial charge in [0.25, 0.3) is 0 Å². The molecule has 0 aliphatic carbocycles. The van der Waals surface area contributed by atoms with Crippen molar-refractivity contribution >= 4 is 11.0 Å². The molecule has 4 rings (SSSR count). The van der Waals surface area contributed by atoms with Crippen molar-refractivity contribution < 1.29 is 29.6 Å². The summed E-state index contributed by atoms with van der Waals surface area (Å²) >= 11 is 0. The number of fused-ring (bicyclic) bond motifs is 2. The Hall–Kier alpha value is -3.29. The van der Waals surface area contributed by atoms with Crippen LogP contribution in [-0.2, 0) is 6.42 Å². The van der Waals surface area contributed by atoms with E-state index in [0.717, 1.165) is 17.2 Å². The molecular formula is C26H30O7. The number of phenolic OH excluding ortho intramolecular Hbond substituents is 2. The molecular weight excluding hydrogens is 424 g/mol. The van der Waals surface area contributed by atoms with Gasteiger partial charge >= 0.3 is 0 Å². The molecule has 0 bridgehead atoms. The van der Waals surface area contributed by atoms with E-state index in [1.807, 2.05) is 26.0 Å². The molecule has 0 saturated carbocycles. The number of aliphatic hydroxyl groups is 2. The molecule has 0 saturated heterocycles. The Morgan fingerprint density at radius 1 is 1.12 bits per heavy atom. The van der Waals surface area contributed by atoms with Gasteiger partial charge in [0.15, 0.2) is 11.5 Å². The molecule has 0 spiro atoms. The van der Waals surface area contributed by atoms with Gasteiger partial charge in [-0.3, -0.25) is 4.79 Å². The third kappa shape index (κ3) is 4.47. The maximum Gasteiger partial charge on any atom is 0.197 e. The van der Waals surface area contributed by atoms with Crippen molar-refractivity contribution in [3.63, 3.8) is 0 Å². The molecule has 2 atom stereocenters. The first-order valence-electron chi connectivity index (χ1n) is 10.3. The lowest BCUT2D eigenvalue weighted by Gasteiger charge is -2.27. The molecule has 3 aromatic rings. The minimum absolute atomic E-state index is 0. The average Bonchev–Trinajstić information content (AvgIpc) is 3.02. The van der Waals surface area contributed by atoms with Crippen molar-refractivity contribution in [2.24, 2.45) is 0 Å². The lowest BCUT2D eigenvalue weighted by atomic mass is 9.92. The Morgan fingerprint density at radius 2 is 1.82 bits per heavy atom. The predicted octanol–water partition coefficient (Wildman–Crippen LogP) is 4.58. The summed E-state index contributed by atoms with van der Waals surface area (Å²) in [6.07, 6.45) is 0.605.